The third kappa shape index (κ3) is 1.72. The highest BCUT2D eigenvalue weighted by Gasteiger charge is 2.09. The highest BCUT2D eigenvalue weighted by Crippen LogP contribution is 2.28. The van der Waals surface area contributed by atoms with Crippen LogP contribution in [0.5, 0.6) is 5.75 Å². The number of hydrogen-bond acceptors (Lipinski definition) is 4. The molecule has 0 bridgehead atoms. The summed E-state index contributed by atoms with van der Waals surface area (Å²) in [4.78, 5) is 14.1. The number of nitrogens with zero attached hydrogens (tertiary/aromatic N) is 1. The van der Waals surface area contributed by atoms with Gasteiger partial charge in [0.25, 0.3) is 5.69 Å². The monoisotopic (exact) mass is 232 g/mol. The Morgan fingerprint density at radius 1 is 1.58 bits per heavy atom. The zero-order valence-corrected chi connectivity index (χ0v) is 7.45. The molecular formula is C6H5BrN2O3. The maximum Gasteiger partial charge on any atom is 0.273 e. The van der Waals surface area contributed by atoms with Crippen LogP contribution >= 0.6 is 15.9 Å². The van der Waals surface area contributed by atoms with E-state index in [-0.39, 0.29) is 11.4 Å². The lowest BCUT2D eigenvalue weighted by molar-refractivity contribution is -0.385. The predicted octanol–water partition coefficient (Wildman–Crippen LogP) is 1.61. The van der Waals surface area contributed by atoms with Crippen LogP contribution in [0.15, 0.2) is 22.7 Å². The van der Waals surface area contributed by atoms with Crippen molar-refractivity contribution in [3.63, 3.8) is 0 Å². The van der Waals surface area contributed by atoms with Gasteiger partial charge in [-0.1, -0.05) is 0 Å². The number of nitrogens with two attached hydrogens (primary N) is 1. The molecule has 5 nitrogen and oxygen atoms in total. The van der Waals surface area contributed by atoms with Crippen LogP contribution in [0.25, 0.3) is 0 Å². The van der Waals surface area contributed by atoms with Gasteiger partial charge in [-0.05, 0) is 22.0 Å². The minimum atomic E-state index is -0.519. The van der Waals surface area contributed by atoms with Crippen molar-refractivity contribution in [3.05, 3.63) is 32.8 Å². The molecule has 64 valence electrons. The molecule has 0 heterocycles. The van der Waals surface area contributed by atoms with Crippen molar-refractivity contribution in [2.75, 3.05) is 0 Å². The Morgan fingerprint density at radius 3 is 2.75 bits per heavy atom. The van der Waals surface area contributed by atoms with Crippen LogP contribution in [-0.2, 0) is 0 Å². The summed E-state index contributed by atoms with van der Waals surface area (Å²) < 4.78 is 0.579. The first-order valence-corrected chi connectivity index (χ1v) is 3.75. The number of halogens is 1. The molecule has 2 N–H and O–H groups in total. The summed E-state index contributed by atoms with van der Waals surface area (Å²) in [5, 5.41) is 10.3. The zero-order valence-electron chi connectivity index (χ0n) is 5.86. The van der Waals surface area contributed by atoms with Crippen LogP contribution in [0, 0.1) is 10.1 Å². The van der Waals surface area contributed by atoms with Gasteiger partial charge in [0.2, 0.25) is 0 Å². The minimum Gasteiger partial charge on any atom is -0.410 e. The molecule has 0 fully saturated rings. The highest BCUT2D eigenvalue weighted by molar-refractivity contribution is 9.10. The van der Waals surface area contributed by atoms with E-state index in [0.717, 1.165) is 0 Å². The lowest BCUT2D eigenvalue weighted by Crippen LogP contribution is -2.02. The second-order valence-corrected chi connectivity index (χ2v) is 2.84. The fourth-order valence-corrected chi connectivity index (χ4v) is 1.04. The van der Waals surface area contributed by atoms with Gasteiger partial charge in [0, 0.05) is 6.07 Å². The SMILES string of the molecule is NOc1cc([N+](=O)[O-])ccc1Br. The number of nitro groups is 1. The molecule has 1 rings (SSSR count). The molecule has 0 unspecified atom stereocenters. The van der Waals surface area contributed by atoms with Crippen molar-refractivity contribution >= 4 is 21.6 Å². The van der Waals surface area contributed by atoms with Gasteiger partial charge >= 0.3 is 0 Å². The second kappa shape index (κ2) is 3.51. The van der Waals surface area contributed by atoms with Crippen LogP contribution in [0.1, 0.15) is 0 Å². The van der Waals surface area contributed by atoms with Crippen molar-refractivity contribution in [2.45, 2.75) is 0 Å². The average molecular weight is 233 g/mol. The van der Waals surface area contributed by atoms with Gasteiger partial charge < -0.3 is 4.84 Å². The smallest absolute Gasteiger partial charge is 0.273 e. The van der Waals surface area contributed by atoms with Gasteiger partial charge in [-0.15, -0.1) is 0 Å². The Balaban J connectivity index is 3.13. The topological polar surface area (TPSA) is 78.4 Å². The van der Waals surface area contributed by atoms with Gasteiger partial charge in [0.05, 0.1) is 15.5 Å². The van der Waals surface area contributed by atoms with Crippen LogP contribution < -0.4 is 10.7 Å². The normalized spacial score (nSPS) is 9.50. The maximum atomic E-state index is 10.3. The largest absolute Gasteiger partial charge is 0.410 e. The second-order valence-electron chi connectivity index (χ2n) is 1.99. The Hall–Kier alpha value is -1.14. The molecule has 1 aromatic rings. The lowest BCUT2D eigenvalue weighted by atomic mass is 10.3. The molecule has 0 saturated carbocycles. The zero-order chi connectivity index (χ0) is 9.14. The molecule has 12 heavy (non-hydrogen) atoms. The van der Waals surface area contributed by atoms with Crippen molar-refractivity contribution < 1.29 is 9.76 Å². The first-order valence-electron chi connectivity index (χ1n) is 2.96. The number of hydrogen-bond donors (Lipinski definition) is 1. The molecule has 0 saturated heterocycles. The number of rotatable bonds is 2. The van der Waals surface area contributed by atoms with Gasteiger partial charge in [-0.25, -0.2) is 0 Å². The summed E-state index contributed by atoms with van der Waals surface area (Å²) in [5.74, 6) is 5.11. The van der Waals surface area contributed by atoms with E-state index in [1.165, 1.54) is 18.2 Å². The Morgan fingerprint density at radius 2 is 2.25 bits per heavy atom. The number of non-ortho nitro benzene ring substituents is 1. The number of nitro benzene ring substituents is 1. The first-order chi connectivity index (χ1) is 5.65. The van der Waals surface area contributed by atoms with Gasteiger partial charge in [0.1, 0.15) is 0 Å². The molecule has 0 aliphatic heterocycles. The van der Waals surface area contributed by atoms with E-state index in [1.807, 2.05) is 0 Å². The molecule has 6 heteroatoms. The summed E-state index contributed by atoms with van der Waals surface area (Å²) in [7, 11) is 0. The quantitative estimate of drug-likeness (QED) is 0.621. The summed E-state index contributed by atoms with van der Waals surface area (Å²) in [6, 6.07) is 4.09. The number of benzene rings is 1. The van der Waals surface area contributed by atoms with Crippen molar-refractivity contribution in [1.82, 2.24) is 0 Å². The fraction of sp³-hybridized carbons (Fsp3) is 0. The van der Waals surface area contributed by atoms with Gasteiger partial charge in [0.15, 0.2) is 5.75 Å². The maximum absolute atomic E-state index is 10.3. The molecule has 0 aromatic heterocycles. The Labute approximate surface area is 76.4 Å². The lowest BCUT2D eigenvalue weighted by Gasteiger charge is -1.99. The molecular weight excluding hydrogens is 228 g/mol. The Bertz CT molecular complexity index is 316. The minimum absolute atomic E-state index is 0.0568. The molecule has 0 aliphatic rings. The standard InChI is InChI=1S/C6H5BrN2O3/c7-5-2-1-4(9(10)11)3-6(5)12-8/h1-3H,8H2. The average Bonchev–Trinajstić information content (AvgIpc) is 2.05. The van der Waals surface area contributed by atoms with E-state index in [4.69, 9.17) is 5.90 Å². The van der Waals surface area contributed by atoms with Crippen molar-refractivity contribution in [2.24, 2.45) is 5.90 Å². The predicted molar refractivity (Wildman–Crippen MR) is 45.6 cm³/mol. The Kier molecular flexibility index (Phi) is 2.61. The molecule has 0 radical (unpaired) electrons. The van der Waals surface area contributed by atoms with Gasteiger partial charge in [-0.3, -0.25) is 10.1 Å². The molecule has 0 aliphatic carbocycles. The van der Waals surface area contributed by atoms with Crippen LogP contribution in [0.4, 0.5) is 5.69 Å². The summed E-state index contributed by atoms with van der Waals surface area (Å²) in [6.07, 6.45) is 0. The summed E-state index contributed by atoms with van der Waals surface area (Å²) >= 11 is 3.11. The van der Waals surface area contributed by atoms with Crippen LogP contribution in [0.2, 0.25) is 0 Å². The first kappa shape index (κ1) is 8.95. The van der Waals surface area contributed by atoms with Crippen LogP contribution in [-0.4, -0.2) is 4.92 Å². The van der Waals surface area contributed by atoms with Crippen molar-refractivity contribution in [3.8, 4) is 5.75 Å². The highest BCUT2D eigenvalue weighted by atomic mass is 79.9. The molecule has 0 atom stereocenters. The molecule has 0 amide bonds. The fourth-order valence-electron chi connectivity index (χ4n) is 0.696. The van der Waals surface area contributed by atoms with E-state index in [9.17, 15) is 10.1 Å². The van der Waals surface area contributed by atoms with Gasteiger partial charge in [-0.2, -0.15) is 5.90 Å². The van der Waals surface area contributed by atoms with E-state index >= 15 is 0 Å². The van der Waals surface area contributed by atoms with E-state index in [2.05, 4.69) is 20.8 Å². The van der Waals surface area contributed by atoms with E-state index in [1.54, 1.807) is 0 Å². The van der Waals surface area contributed by atoms with E-state index < -0.39 is 4.92 Å². The third-order valence-electron chi connectivity index (χ3n) is 1.25. The van der Waals surface area contributed by atoms with E-state index in [0.29, 0.717) is 4.47 Å². The summed E-state index contributed by atoms with van der Waals surface area (Å²) in [5.41, 5.74) is -0.0568. The third-order valence-corrected chi connectivity index (χ3v) is 1.91. The van der Waals surface area contributed by atoms with Crippen molar-refractivity contribution in [1.29, 1.82) is 0 Å². The van der Waals surface area contributed by atoms with Crippen LogP contribution in [0.3, 0.4) is 0 Å². The summed E-state index contributed by atoms with van der Waals surface area (Å²) in [6.45, 7) is 0. The molecule has 0 spiro atoms. The molecule has 1 aromatic carbocycles.